The van der Waals surface area contributed by atoms with Crippen molar-refractivity contribution in [1.29, 1.82) is 0 Å². The van der Waals surface area contributed by atoms with E-state index in [4.69, 9.17) is 0 Å². The van der Waals surface area contributed by atoms with Gasteiger partial charge in [0, 0.05) is 32.7 Å². The molecule has 3 saturated carbocycles. The SMILES string of the molecule is C[CH-]N[C@H]1C2CCC(CC2)[C@@H]1C.[Y]. The largest absolute Gasteiger partial charge is 0.467 e. The van der Waals surface area contributed by atoms with Gasteiger partial charge in [-0.1, -0.05) is 6.92 Å². The van der Waals surface area contributed by atoms with Gasteiger partial charge in [-0.15, -0.1) is 0 Å². The molecule has 1 radical (unpaired) electrons. The van der Waals surface area contributed by atoms with Gasteiger partial charge in [-0.05, 0) is 49.5 Å². The number of hydrogen-bond acceptors (Lipinski definition) is 1. The van der Waals surface area contributed by atoms with E-state index in [0.717, 1.165) is 23.8 Å². The summed E-state index contributed by atoms with van der Waals surface area (Å²) in [4.78, 5) is 0. The second-order valence-corrected chi connectivity index (χ2v) is 4.52. The van der Waals surface area contributed by atoms with Gasteiger partial charge in [-0.3, -0.25) is 6.54 Å². The van der Waals surface area contributed by atoms with Crippen LogP contribution in [0.2, 0.25) is 0 Å². The molecule has 3 fully saturated rings. The second kappa shape index (κ2) is 5.23. The minimum Gasteiger partial charge on any atom is -0.467 e. The van der Waals surface area contributed by atoms with Gasteiger partial charge >= 0.3 is 0 Å². The van der Waals surface area contributed by atoms with Crippen molar-refractivity contribution in [2.45, 2.75) is 45.6 Å². The fourth-order valence-electron chi connectivity index (χ4n) is 3.23. The molecule has 2 heteroatoms. The van der Waals surface area contributed by atoms with E-state index in [9.17, 15) is 0 Å². The van der Waals surface area contributed by atoms with Gasteiger partial charge in [-0.2, -0.15) is 6.92 Å². The summed E-state index contributed by atoms with van der Waals surface area (Å²) >= 11 is 0. The zero-order valence-electron chi connectivity index (χ0n) is 8.79. The Morgan fingerprint density at radius 3 is 2.08 bits per heavy atom. The van der Waals surface area contributed by atoms with E-state index < -0.39 is 0 Å². The first-order chi connectivity index (χ1) is 5.83. The summed E-state index contributed by atoms with van der Waals surface area (Å²) in [6, 6.07) is 0.794. The summed E-state index contributed by atoms with van der Waals surface area (Å²) in [6.45, 7) is 6.66. The van der Waals surface area contributed by atoms with Crippen molar-refractivity contribution in [2.24, 2.45) is 17.8 Å². The van der Waals surface area contributed by atoms with E-state index in [1.165, 1.54) is 25.7 Å². The fraction of sp³-hybridized carbons (Fsp3) is 0.909. The van der Waals surface area contributed by atoms with Crippen LogP contribution in [0, 0.1) is 24.3 Å². The van der Waals surface area contributed by atoms with Crippen LogP contribution in [-0.2, 0) is 32.7 Å². The van der Waals surface area contributed by atoms with Crippen molar-refractivity contribution >= 4 is 0 Å². The van der Waals surface area contributed by atoms with Crippen molar-refractivity contribution in [2.75, 3.05) is 0 Å². The number of fused-ring (bicyclic) bond motifs is 3. The van der Waals surface area contributed by atoms with Crippen LogP contribution in [0.1, 0.15) is 39.5 Å². The van der Waals surface area contributed by atoms with Gasteiger partial charge in [-0.25, -0.2) is 0 Å². The van der Waals surface area contributed by atoms with Crippen molar-refractivity contribution in [3.63, 3.8) is 0 Å². The van der Waals surface area contributed by atoms with Crippen LogP contribution in [0.5, 0.6) is 0 Å². The van der Waals surface area contributed by atoms with Crippen LogP contribution in [0.4, 0.5) is 0 Å². The Bertz CT molecular complexity index is 150. The normalized spacial score (nSPS) is 42.9. The van der Waals surface area contributed by atoms with Gasteiger partial charge in [0.05, 0.1) is 0 Å². The Morgan fingerprint density at radius 1 is 1.08 bits per heavy atom. The summed E-state index contributed by atoms with van der Waals surface area (Å²) in [5.74, 6) is 2.90. The third kappa shape index (κ3) is 2.35. The van der Waals surface area contributed by atoms with Gasteiger partial charge in [0.2, 0.25) is 0 Å². The molecule has 0 aliphatic heterocycles. The minimum atomic E-state index is 0. The topological polar surface area (TPSA) is 12.0 Å². The average Bonchev–Trinajstić information content (AvgIpc) is 2.12. The molecule has 0 saturated heterocycles. The minimum absolute atomic E-state index is 0. The molecule has 3 aliphatic rings. The molecule has 0 amide bonds. The molecule has 0 aromatic heterocycles. The fourth-order valence-corrected chi connectivity index (χ4v) is 3.23. The van der Waals surface area contributed by atoms with E-state index in [2.05, 4.69) is 25.7 Å². The molecule has 2 bridgehead atoms. The van der Waals surface area contributed by atoms with E-state index in [-0.39, 0.29) is 32.7 Å². The van der Waals surface area contributed by atoms with Gasteiger partial charge in [0.1, 0.15) is 0 Å². The van der Waals surface area contributed by atoms with Crippen LogP contribution in [0.15, 0.2) is 0 Å². The number of hydrogen-bond donors (Lipinski definition) is 1. The van der Waals surface area contributed by atoms with E-state index >= 15 is 0 Å². The van der Waals surface area contributed by atoms with E-state index in [0.29, 0.717) is 0 Å². The molecule has 3 rings (SSSR count). The summed E-state index contributed by atoms with van der Waals surface area (Å²) in [5, 5.41) is 3.54. The Labute approximate surface area is 107 Å². The maximum atomic E-state index is 3.54. The predicted octanol–water partition coefficient (Wildman–Crippen LogP) is 2.58. The smallest absolute Gasteiger partial charge is 0 e. The first kappa shape index (κ1) is 12.1. The quantitative estimate of drug-likeness (QED) is 0.748. The molecule has 1 nitrogen and oxygen atoms in total. The standard InChI is InChI=1S/C11H20N.Y/c1-3-12-11-8(2)9-4-6-10(11)7-5-9;/h3,8-12H,4-7H2,1-2H3;/q-1;/t8-,9?,10?,11+;/m0./s1. The molecule has 1 N–H and O–H groups in total. The molecule has 3 aliphatic carbocycles. The predicted molar refractivity (Wildman–Crippen MR) is 51.5 cm³/mol. The summed E-state index contributed by atoms with van der Waals surface area (Å²) in [6.07, 6.45) is 5.93. The molecule has 0 spiro atoms. The van der Waals surface area contributed by atoms with Gasteiger partial charge in [0.25, 0.3) is 0 Å². The molecule has 73 valence electrons. The molecule has 2 atom stereocenters. The van der Waals surface area contributed by atoms with Gasteiger partial charge in [0.15, 0.2) is 0 Å². The van der Waals surface area contributed by atoms with Crippen LogP contribution < -0.4 is 5.32 Å². The Balaban J connectivity index is 0.000000845. The number of nitrogens with one attached hydrogen (secondary N) is 1. The first-order valence-corrected chi connectivity index (χ1v) is 5.37. The van der Waals surface area contributed by atoms with Crippen molar-refractivity contribution in [3.8, 4) is 0 Å². The zero-order chi connectivity index (χ0) is 8.55. The molecule has 0 heterocycles. The van der Waals surface area contributed by atoms with Crippen molar-refractivity contribution in [1.82, 2.24) is 5.32 Å². The van der Waals surface area contributed by atoms with E-state index in [1.807, 2.05) is 0 Å². The van der Waals surface area contributed by atoms with Crippen LogP contribution in [0.3, 0.4) is 0 Å². The second-order valence-electron chi connectivity index (χ2n) is 4.52. The Morgan fingerprint density at radius 2 is 1.62 bits per heavy atom. The third-order valence-electron chi connectivity index (χ3n) is 3.99. The van der Waals surface area contributed by atoms with Crippen molar-refractivity contribution < 1.29 is 32.7 Å². The average molecular weight is 255 g/mol. The molecule has 13 heavy (non-hydrogen) atoms. The maximum Gasteiger partial charge on any atom is 0 e. The van der Waals surface area contributed by atoms with Crippen LogP contribution in [0.25, 0.3) is 0 Å². The molecular weight excluding hydrogens is 235 g/mol. The Kier molecular flexibility index (Phi) is 4.88. The molecule has 0 aromatic rings. The summed E-state index contributed by atoms with van der Waals surface area (Å²) < 4.78 is 0. The summed E-state index contributed by atoms with van der Waals surface area (Å²) in [5.41, 5.74) is 0. The molecular formula is C11H20NY-. The molecule has 0 aromatic carbocycles. The Hall–Kier alpha value is 1.06. The number of rotatable bonds is 2. The molecule has 0 unspecified atom stereocenters. The zero-order valence-corrected chi connectivity index (χ0v) is 11.6. The summed E-state index contributed by atoms with van der Waals surface area (Å²) in [7, 11) is 0. The first-order valence-electron chi connectivity index (χ1n) is 5.37. The third-order valence-corrected chi connectivity index (χ3v) is 3.99. The van der Waals surface area contributed by atoms with Gasteiger partial charge < -0.3 is 5.32 Å². The monoisotopic (exact) mass is 255 g/mol. The van der Waals surface area contributed by atoms with Crippen LogP contribution in [-0.4, -0.2) is 6.04 Å². The maximum absolute atomic E-state index is 3.54. The van der Waals surface area contributed by atoms with E-state index in [1.54, 1.807) is 0 Å². The van der Waals surface area contributed by atoms with Crippen molar-refractivity contribution in [3.05, 3.63) is 6.54 Å². The van der Waals surface area contributed by atoms with Crippen LogP contribution >= 0.6 is 0 Å².